The average Bonchev–Trinajstić information content (AvgIpc) is 1.57. The summed E-state index contributed by atoms with van der Waals surface area (Å²) in [5.41, 5.74) is 1.02. The number of nitrogens with zero attached hydrogens (tertiary/aromatic N) is 6. The molecule has 512 valence electrons. The SMILES string of the molecule is CN(CCN1CCC(N(C(=O)O)c2ccccc2-c2ccccc2)CC1)C(=O)CCCCCNc1ccc(C(=O)NCCCN(C)C(=O)CO[C@H]2Cc3ccccc3C23CCN(CC[C@]2(c4ccc(F)cc4)CN(C(=O)c4cc(C(F)(F)F)cc(C(F)(F)F)c4)CO2)CC3)cc1. The third-order valence-electron chi connectivity index (χ3n) is 19.5. The van der Waals surface area contributed by atoms with Gasteiger partial charge in [0.2, 0.25) is 11.8 Å². The van der Waals surface area contributed by atoms with E-state index < -0.39 is 64.6 Å². The maximum atomic E-state index is 14.2. The smallest absolute Gasteiger partial charge is 0.416 e. The summed E-state index contributed by atoms with van der Waals surface area (Å²) >= 11 is 0. The largest absolute Gasteiger partial charge is 0.465 e. The van der Waals surface area contributed by atoms with Gasteiger partial charge >= 0.3 is 18.4 Å². The molecule has 0 radical (unpaired) electrons. The summed E-state index contributed by atoms with van der Waals surface area (Å²) in [6, 6.07) is 38.9. The van der Waals surface area contributed by atoms with Gasteiger partial charge in [0.15, 0.2) is 0 Å². The third-order valence-corrected chi connectivity index (χ3v) is 19.5. The van der Waals surface area contributed by atoms with E-state index in [1.54, 1.807) is 29.0 Å². The van der Waals surface area contributed by atoms with E-state index in [2.05, 4.69) is 32.6 Å². The second-order valence-corrected chi connectivity index (χ2v) is 25.6. The second kappa shape index (κ2) is 31.2. The summed E-state index contributed by atoms with van der Waals surface area (Å²) in [4.78, 5) is 76.6. The number of carboxylic acid groups (broad SMARTS) is 1. The van der Waals surface area contributed by atoms with E-state index in [1.807, 2.05) is 85.9 Å². The van der Waals surface area contributed by atoms with Crippen LogP contribution < -0.4 is 15.5 Å². The number of fused-ring (bicyclic) bond motifs is 2. The van der Waals surface area contributed by atoms with Crippen LogP contribution in [0.25, 0.3) is 11.1 Å². The first-order chi connectivity index (χ1) is 46.0. The Kier molecular flexibility index (Phi) is 22.9. The number of ether oxygens (including phenoxy) is 2. The molecule has 4 aliphatic rings. The molecule has 0 saturated carbocycles. The topological polar surface area (TPSA) is 168 Å². The molecule has 6 aromatic carbocycles. The van der Waals surface area contributed by atoms with E-state index in [0.29, 0.717) is 120 Å². The molecule has 3 aliphatic heterocycles. The molecule has 3 fully saturated rings. The van der Waals surface area contributed by atoms with Crippen molar-refractivity contribution < 1.29 is 69.3 Å². The van der Waals surface area contributed by atoms with Gasteiger partial charge in [-0.05, 0) is 154 Å². The normalized spacial score (nSPS) is 18.3. The Labute approximate surface area is 555 Å². The zero-order valence-corrected chi connectivity index (χ0v) is 54.1. The van der Waals surface area contributed by atoms with Crippen LogP contribution in [0.4, 0.5) is 46.9 Å². The Morgan fingerprint density at radius 1 is 0.677 bits per heavy atom. The van der Waals surface area contributed by atoms with Crippen LogP contribution in [-0.2, 0) is 48.9 Å². The molecule has 0 bridgehead atoms. The highest BCUT2D eigenvalue weighted by atomic mass is 19.4. The Bertz CT molecular complexity index is 3610. The molecular weight excluding hydrogens is 1250 g/mol. The molecule has 6 aromatic rings. The molecule has 0 aromatic heterocycles. The summed E-state index contributed by atoms with van der Waals surface area (Å²) in [6.07, 6.45) is -4.50. The number of alkyl halides is 6. The van der Waals surface area contributed by atoms with E-state index in [-0.39, 0.29) is 55.5 Å². The predicted octanol–water partition coefficient (Wildman–Crippen LogP) is 12.6. The van der Waals surface area contributed by atoms with E-state index in [1.165, 1.54) is 29.2 Å². The highest BCUT2D eigenvalue weighted by molar-refractivity contribution is 5.96. The number of likely N-dealkylation sites (N-methyl/N-ethyl adjacent to an activating group) is 2. The number of carbonyl (C=O) groups excluding carboxylic acids is 4. The number of benzene rings is 6. The first kappa shape index (κ1) is 70.4. The van der Waals surface area contributed by atoms with E-state index in [0.717, 1.165) is 71.7 Å². The summed E-state index contributed by atoms with van der Waals surface area (Å²) in [6.45, 7) is 5.07. The lowest BCUT2D eigenvalue weighted by atomic mass is 9.72. The van der Waals surface area contributed by atoms with E-state index in [4.69, 9.17) is 9.47 Å². The van der Waals surface area contributed by atoms with Crippen LogP contribution in [0.3, 0.4) is 0 Å². The zero-order chi connectivity index (χ0) is 68.2. The van der Waals surface area contributed by atoms with E-state index in [9.17, 15) is 59.8 Å². The molecule has 10 rings (SSSR count). The van der Waals surface area contributed by atoms with Crippen molar-refractivity contribution in [3.63, 3.8) is 0 Å². The van der Waals surface area contributed by atoms with Crippen LogP contribution in [0.5, 0.6) is 0 Å². The van der Waals surface area contributed by atoms with Crippen molar-refractivity contribution >= 4 is 41.1 Å². The molecule has 3 N–H and O–H groups in total. The molecule has 96 heavy (non-hydrogen) atoms. The van der Waals surface area contributed by atoms with Gasteiger partial charge in [0.1, 0.15) is 24.8 Å². The Morgan fingerprint density at radius 2 is 1.32 bits per heavy atom. The summed E-state index contributed by atoms with van der Waals surface area (Å²) in [5.74, 6) is -1.95. The standard InChI is InChI=1S/C73H83F7N8O8/c1-83(36-13-35-82-67(91)52-21-27-59(28-22-52)81-34-12-4-7-20-65(89)84(2)42-43-85-37-29-60(30-38-85)88(69(93)94)63-19-11-9-17-61(63)51-14-5-3-6-15-51)66(90)48-95-64-46-53-16-8-10-18-62(53)70(64)31-39-86(40-32-70)41-33-71(55-23-25-58(74)26-24-55)49-87(50-96-71)68(92)54-44-56(72(75,76)77)47-57(45-54)73(78,79)80/h3,5-6,8-11,14-19,21-28,44-45,47,60,64,81H,4,7,12-13,20,29-43,46,48-50H2,1-2H3,(H,82,91)(H,93,94)/t64-,71+/m0/s1. The molecule has 3 saturated heterocycles. The van der Waals surface area contributed by atoms with Gasteiger partial charge in [-0.1, -0.05) is 91.3 Å². The van der Waals surface area contributed by atoms with Crippen molar-refractivity contribution in [2.75, 3.05) is 110 Å². The number of hydrogen-bond donors (Lipinski definition) is 3. The first-order valence-electron chi connectivity index (χ1n) is 32.9. The molecule has 16 nitrogen and oxygen atoms in total. The minimum absolute atomic E-state index is 0.0303. The first-order valence-corrected chi connectivity index (χ1v) is 32.9. The molecule has 0 unspecified atom stereocenters. The Balaban J connectivity index is 0.608. The number of amides is 5. The van der Waals surface area contributed by atoms with Gasteiger partial charge in [-0.15, -0.1) is 0 Å². The molecule has 23 heteroatoms. The van der Waals surface area contributed by atoms with Gasteiger partial charge in [0.25, 0.3) is 11.8 Å². The minimum Gasteiger partial charge on any atom is -0.465 e. The highest BCUT2D eigenvalue weighted by Gasteiger charge is 2.50. The van der Waals surface area contributed by atoms with Crippen molar-refractivity contribution in [3.05, 3.63) is 190 Å². The highest BCUT2D eigenvalue weighted by Crippen LogP contribution is 2.49. The number of likely N-dealkylation sites (tertiary alicyclic amines) is 2. The van der Waals surface area contributed by atoms with Crippen molar-refractivity contribution in [1.29, 1.82) is 0 Å². The number of carbonyl (C=O) groups is 5. The van der Waals surface area contributed by atoms with Gasteiger partial charge in [0.05, 0.1) is 29.5 Å². The number of rotatable bonds is 26. The minimum atomic E-state index is -5.15. The predicted molar refractivity (Wildman–Crippen MR) is 351 cm³/mol. The van der Waals surface area contributed by atoms with Gasteiger partial charge in [-0.25, -0.2) is 9.18 Å². The number of nitrogens with one attached hydrogen (secondary N) is 2. The van der Waals surface area contributed by atoms with Crippen LogP contribution in [0.15, 0.2) is 146 Å². The lowest BCUT2D eigenvalue weighted by Gasteiger charge is -2.44. The van der Waals surface area contributed by atoms with Crippen LogP contribution >= 0.6 is 0 Å². The van der Waals surface area contributed by atoms with Crippen molar-refractivity contribution in [2.45, 2.75) is 106 Å². The van der Waals surface area contributed by atoms with Crippen LogP contribution in [0.1, 0.15) is 113 Å². The van der Waals surface area contributed by atoms with E-state index >= 15 is 0 Å². The van der Waals surface area contributed by atoms with Gasteiger partial charge in [0, 0.05) is 107 Å². The average molecular weight is 1330 g/mol. The number of halogens is 7. The summed E-state index contributed by atoms with van der Waals surface area (Å²) < 4.78 is 110. The Morgan fingerprint density at radius 3 is 2.01 bits per heavy atom. The number of anilines is 2. The Hall–Kier alpha value is -8.38. The van der Waals surface area contributed by atoms with Crippen LogP contribution in [0, 0.1) is 5.82 Å². The van der Waals surface area contributed by atoms with Crippen LogP contribution in [-0.4, -0.2) is 171 Å². The molecule has 1 aliphatic carbocycles. The number of hydrogen-bond acceptors (Lipinski definition) is 10. The van der Waals surface area contributed by atoms with Crippen molar-refractivity contribution in [3.8, 4) is 11.1 Å². The maximum Gasteiger partial charge on any atom is 0.416 e. The molecule has 3 heterocycles. The third kappa shape index (κ3) is 17.2. The summed E-state index contributed by atoms with van der Waals surface area (Å²) in [5, 5.41) is 16.7. The maximum absolute atomic E-state index is 14.2. The molecular formula is C73H83F7N8O8. The fraction of sp³-hybridized carbons (Fsp3) is 0.438. The van der Waals surface area contributed by atoms with Gasteiger partial charge in [-0.3, -0.25) is 24.1 Å². The lowest BCUT2D eigenvalue weighted by Crippen LogP contribution is -2.50. The fourth-order valence-corrected chi connectivity index (χ4v) is 13.9. The number of para-hydroxylation sites is 1. The van der Waals surface area contributed by atoms with Crippen molar-refractivity contribution in [2.24, 2.45) is 0 Å². The second-order valence-electron chi connectivity index (χ2n) is 25.6. The molecule has 1 spiro atoms. The number of piperidine rings is 2. The fourth-order valence-electron chi connectivity index (χ4n) is 13.9. The molecule has 2 atom stereocenters. The van der Waals surface area contributed by atoms with Crippen molar-refractivity contribution in [1.82, 2.24) is 29.8 Å². The summed E-state index contributed by atoms with van der Waals surface area (Å²) in [7, 11) is 3.54. The lowest BCUT2D eigenvalue weighted by molar-refractivity contribution is -0.143. The monoisotopic (exact) mass is 1330 g/mol. The molecule has 5 amide bonds. The van der Waals surface area contributed by atoms with Gasteiger partial charge in [-0.2, -0.15) is 26.3 Å². The van der Waals surface area contributed by atoms with Crippen LogP contribution in [0.2, 0.25) is 0 Å². The zero-order valence-electron chi connectivity index (χ0n) is 54.1. The number of unbranched alkanes of at least 4 members (excludes halogenated alkanes) is 2. The van der Waals surface area contributed by atoms with Gasteiger partial charge < -0.3 is 49.7 Å². The quantitative estimate of drug-likeness (QED) is 0.0349.